The van der Waals surface area contributed by atoms with Gasteiger partial charge in [0.1, 0.15) is 11.5 Å². The van der Waals surface area contributed by atoms with E-state index >= 15 is 0 Å². The quantitative estimate of drug-likeness (QED) is 0.644. The van der Waals surface area contributed by atoms with E-state index in [9.17, 15) is 0 Å². The number of pyridine rings is 1. The third kappa shape index (κ3) is 4.29. The van der Waals surface area contributed by atoms with Crippen molar-refractivity contribution in [3.63, 3.8) is 0 Å². The number of imidazole rings is 1. The van der Waals surface area contributed by atoms with E-state index in [0.29, 0.717) is 0 Å². The van der Waals surface area contributed by atoms with E-state index in [1.54, 1.807) is 0 Å². The highest BCUT2D eigenvalue weighted by Gasteiger charge is 2.29. The molecule has 0 radical (unpaired) electrons. The lowest BCUT2D eigenvalue weighted by atomic mass is 9.75. The number of hydrogen-bond acceptors (Lipinski definition) is 3. The van der Waals surface area contributed by atoms with Gasteiger partial charge in [-0.25, -0.2) is 15.0 Å². The van der Waals surface area contributed by atoms with Gasteiger partial charge in [0.15, 0.2) is 0 Å². The summed E-state index contributed by atoms with van der Waals surface area (Å²) in [5.41, 5.74) is 3.79. The minimum atomic E-state index is 0.0561. The van der Waals surface area contributed by atoms with Gasteiger partial charge in [-0.05, 0) is 47.4 Å². The van der Waals surface area contributed by atoms with Crippen LogP contribution >= 0.6 is 0 Å². The molecule has 1 atom stereocenters. The molecule has 26 heavy (non-hydrogen) atoms. The molecule has 0 aromatic carbocycles. The molecule has 0 aliphatic carbocycles. The van der Waals surface area contributed by atoms with Crippen molar-refractivity contribution in [1.29, 1.82) is 0 Å². The average molecular weight is 351 g/mol. The Kier molecular flexibility index (Phi) is 4.87. The van der Waals surface area contributed by atoms with E-state index in [1.165, 1.54) is 5.56 Å². The predicted molar refractivity (Wildman–Crippen MR) is 106 cm³/mol. The summed E-state index contributed by atoms with van der Waals surface area (Å²) in [7, 11) is 0. The Morgan fingerprint density at radius 1 is 1.04 bits per heavy atom. The molecular weight excluding hydrogens is 320 g/mol. The van der Waals surface area contributed by atoms with Crippen LogP contribution in [0.25, 0.3) is 5.65 Å². The summed E-state index contributed by atoms with van der Waals surface area (Å²) in [4.78, 5) is 13.7. The van der Waals surface area contributed by atoms with Crippen LogP contribution in [-0.2, 0) is 12.8 Å². The van der Waals surface area contributed by atoms with Crippen LogP contribution in [0.4, 0.5) is 0 Å². The second-order valence-corrected chi connectivity index (χ2v) is 9.26. The van der Waals surface area contributed by atoms with Crippen molar-refractivity contribution in [3.8, 4) is 0 Å². The topological polar surface area (TPSA) is 43.1 Å². The molecule has 3 aromatic rings. The first kappa shape index (κ1) is 18.6. The second-order valence-electron chi connectivity index (χ2n) is 9.26. The molecule has 0 saturated heterocycles. The Labute approximate surface area is 156 Å². The third-order valence-corrected chi connectivity index (χ3v) is 5.09. The summed E-state index contributed by atoms with van der Waals surface area (Å²) in [6.07, 6.45) is 9.87. The zero-order valence-corrected chi connectivity index (χ0v) is 16.8. The van der Waals surface area contributed by atoms with E-state index in [4.69, 9.17) is 4.98 Å². The minimum Gasteiger partial charge on any atom is -0.307 e. The lowest BCUT2D eigenvalue weighted by Gasteiger charge is -2.31. The number of nitrogens with zero attached hydrogens (tertiary/aromatic N) is 4. The van der Waals surface area contributed by atoms with Crippen molar-refractivity contribution in [1.82, 2.24) is 19.4 Å². The Balaban J connectivity index is 1.81. The lowest BCUT2D eigenvalue weighted by molar-refractivity contribution is 0.288. The highest BCUT2D eigenvalue weighted by atomic mass is 15.0. The molecule has 0 aliphatic heterocycles. The molecule has 0 saturated carbocycles. The van der Waals surface area contributed by atoms with Crippen LogP contribution < -0.4 is 0 Å². The fourth-order valence-corrected chi connectivity index (χ4v) is 3.38. The first-order valence-corrected chi connectivity index (χ1v) is 9.37. The standard InChI is InChI=1S/C22H30N4/c1-16(20-23-9-7-10-24-20)22(5,6)13-17-8-11-26-15-18(14-21(2,3)4)25-19(26)12-17/h7-12,15-16H,13-14H2,1-6H3/t16-/m1/s1. The summed E-state index contributed by atoms with van der Waals surface area (Å²) in [6.45, 7) is 13.5. The van der Waals surface area contributed by atoms with Gasteiger partial charge in [0.2, 0.25) is 0 Å². The Morgan fingerprint density at radius 3 is 2.38 bits per heavy atom. The molecule has 0 amide bonds. The molecule has 3 rings (SSSR count). The summed E-state index contributed by atoms with van der Waals surface area (Å²) < 4.78 is 2.13. The molecule has 0 unspecified atom stereocenters. The van der Waals surface area contributed by atoms with E-state index in [-0.39, 0.29) is 16.7 Å². The predicted octanol–water partition coefficient (Wildman–Crippen LogP) is 5.09. The minimum absolute atomic E-state index is 0.0561. The summed E-state index contributed by atoms with van der Waals surface area (Å²) in [6, 6.07) is 6.28. The van der Waals surface area contributed by atoms with Crippen molar-refractivity contribution in [2.24, 2.45) is 10.8 Å². The first-order chi connectivity index (χ1) is 12.1. The van der Waals surface area contributed by atoms with Gasteiger partial charge in [-0.1, -0.05) is 41.5 Å². The normalized spacial score (nSPS) is 13.9. The Morgan fingerprint density at radius 2 is 1.73 bits per heavy atom. The summed E-state index contributed by atoms with van der Waals surface area (Å²) >= 11 is 0. The van der Waals surface area contributed by atoms with Gasteiger partial charge >= 0.3 is 0 Å². The molecular formula is C22H30N4. The van der Waals surface area contributed by atoms with E-state index < -0.39 is 0 Å². The molecule has 0 fully saturated rings. The first-order valence-electron chi connectivity index (χ1n) is 9.37. The zero-order valence-electron chi connectivity index (χ0n) is 16.8. The molecule has 3 aromatic heterocycles. The molecule has 138 valence electrons. The molecule has 0 N–H and O–H groups in total. The number of rotatable bonds is 5. The van der Waals surface area contributed by atoms with Crippen molar-refractivity contribution < 1.29 is 0 Å². The van der Waals surface area contributed by atoms with Gasteiger partial charge in [-0.3, -0.25) is 0 Å². The lowest BCUT2D eigenvalue weighted by Crippen LogP contribution is -2.24. The maximum Gasteiger partial charge on any atom is 0.137 e. The average Bonchev–Trinajstić information content (AvgIpc) is 2.93. The van der Waals surface area contributed by atoms with E-state index in [0.717, 1.165) is 30.0 Å². The monoisotopic (exact) mass is 350 g/mol. The highest BCUT2D eigenvalue weighted by molar-refractivity contribution is 5.43. The van der Waals surface area contributed by atoms with Gasteiger partial charge in [-0.2, -0.15) is 0 Å². The van der Waals surface area contributed by atoms with Crippen LogP contribution in [0, 0.1) is 10.8 Å². The second kappa shape index (κ2) is 6.82. The Hall–Kier alpha value is -2.23. The number of hydrogen-bond donors (Lipinski definition) is 0. The van der Waals surface area contributed by atoms with E-state index in [2.05, 4.69) is 80.4 Å². The maximum atomic E-state index is 4.83. The van der Waals surface area contributed by atoms with Gasteiger partial charge in [0.25, 0.3) is 0 Å². The van der Waals surface area contributed by atoms with Gasteiger partial charge in [0, 0.05) is 30.7 Å². The summed E-state index contributed by atoms with van der Waals surface area (Å²) in [5.74, 6) is 1.18. The van der Waals surface area contributed by atoms with Gasteiger partial charge in [-0.15, -0.1) is 0 Å². The molecule has 0 bridgehead atoms. The number of fused-ring (bicyclic) bond motifs is 1. The third-order valence-electron chi connectivity index (χ3n) is 5.09. The molecule has 4 heteroatoms. The van der Waals surface area contributed by atoms with Crippen LogP contribution in [-0.4, -0.2) is 19.4 Å². The van der Waals surface area contributed by atoms with Crippen molar-refractivity contribution in [2.45, 2.75) is 60.3 Å². The van der Waals surface area contributed by atoms with Gasteiger partial charge < -0.3 is 4.40 Å². The van der Waals surface area contributed by atoms with Crippen LogP contribution in [0.15, 0.2) is 43.0 Å². The highest BCUT2D eigenvalue weighted by Crippen LogP contribution is 2.36. The maximum absolute atomic E-state index is 4.83. The molecule has 0 aliphatic rings. The van der Waals surface area contributed by atoms with Crippen molar-refractivity contribution >= 4 is 5.65 Å². The molecule has 0 spiro atoms. The molecule has 3 heterocycles. The summed E-state index contributed by atoms with van der Waals surface area (Å²) in [5, 5.41) is 0. The van der Waals surface area contributed by atoms with Crippen molar-refractivity contribution in [2.75, 3.05) is 0 Å². The Bertz CT molecular complexity index is 872. The smallest absolute Gasteiger partial charge is 0.137 e. The fourth-order valence-electron chi connectivity index (χ4n) is 3.38. The van der Waals surface area contributed by atoms with Crippen LogP contribution in [0.2, 0.25) is 0 Å². The van der Waals surface area contributed by atoms with E-state index in [1.807, 2.05) is 18.5 Å². The number of aromatic nitrogens is 4. The zero-order chi connectivity index (χ0) is 18.9. The van der Waals surface area contributed by atoms with Crippen LogP contribution in [0.1, 0.15) is 64.5 Å². The largest absolute Gasteiger partial charge is 0.307 e. The van der Waals surface area contributed by atoms with Gasteiger partial charge in [0.05, 0.1) is 5.69 Å². The van der Waals surface area contributed by atoms with Crippen LogP contribution in [0.3, 0.4) is 0 Å². The fraction of sp³-hybridized carbons (Fsp3) is 0.500. The van der Waals surface area contributed by atoms with Crippen molar-refractivity contribution in [3.05, 3.63) is 60.1 Å². The van der Waals surface area contributed by atoms with Crippen LogP contribution in [0.5, 0.6) is 0 Å². The molecule has 4 nitrogen and oxygen atoms in total. The SMILES string of the molecule is C[C@H](c1ncccn1)C(C)(C)Cc1ccn2cc(CC(C)(C)C)nc2c1.